The zero-order chi connectivity index (χ0) is 20.2. The maximum absolute atomic E-state index is 13.0. The van der Waals surface area contributed by atoms with E-state index in [-0.39, 0.29) is 31.0 Å². The average Bonchev–Trinajstić information content (AvgIpc) is 2.74. The molecule has 0 fully saturated rings. The van der Waals surface area contributed by atoms with Crippen LogP contribution in [0.1, 0.15) is 22.7 Å². The quantitative estimate of drug-likeness (QED) is 0.537. The number of carbonyl (C=O) groups is 2. The number of anilines is 1. The smallest absolute Gasteiger partial charge is 0.331 e. The first-order valence-corrected chi connectivity index (χ1v) is 9.56. The van der Waals surface area contributed by atoms with Gasteiger partial charge in [-0.05, 0) is 35.7 Å². The lowest BCUT2D eigenvalue weighted by Crippen LogP contribution is -2.44. The molecule has 0 atom stereocenters. The largest absolute Gasteiger partial charge is 0.423 e. The summed E-state index contributed by atoms with van der Waals surface area (Å²) in [6.45, 7) is 2.09. The number of carbonyl (C=O) groups excluding carboxylic acids is 2. The lowest BCUT2D eigenvalue weighted by Gasteiger charge is -2.30. The van der Waals surface area contributed by atoms with Crippen LogP contribution in [0.25, 0.3) is 0 Å². The molecule has 3 aromatic carbocycles. The Kier molecular flexibility index (Phi) is 5.29. The molecular weight excluding hydrogens is 364 g/mol. The normalized spacial score (nSPS) is 13.0. The van der Waals surface area contributed by atoms with Gasteiger partial charge in [0.2, 0.25) is 5.91 Å². The van der Waals surface area contributed by atoms with Crippen molar-refractivity contribution < 1.29 is 14.3 Å². The zero-order valence-electron chi connectivity index (χ0n) is 16.2. The second-order valence-corrected chi connectivity index (χ2v) is 7.12. The van der Waals surface area contributed by atoms with Crippen LogP contribution in [0.4, 0.5) is 5.69 Å². The molecule has 3 aromatic rings. The van der Waals surface area contributed by atoms with Crippen molar-refractivity contribution in [3.05, 3.63) is 95.6 Å². The molecule has 1 aliphatic rings. The Hall–Kier alpha value is -3.60. The van der Waals surface area contributed by atoms with Crippen LogP contribution in [0.15, 0.2) is 78.9 Å². The minimum Gasteiger partial charge on any atom is -0.423 e. The van der Waals surface area contributed by atoms with E-state index in [1.54, 1.807) is 11.0 Å². The molecule has 1 aliphatic heterocycles. The third-order valence-electron chi connectivity index (χ3n) is 4.90. The maximum atomic E-state index is 13.0. The summed E-state index contributed by atoms with van der Waals surface area (Å²) in [4.78, 5) is 26.7. The monoisotopic (exact) mass is 386 g/mol. The number of nitrogens with zero attached hydrogens (tertiary/aromatic N) is 1. The fraction of sp³-hybridized carbons (Fsp3) is 0.167. The number of hydrogen-bond acceptors (Lipinski definition) is 4. The van der Waals surface area contributed by atoms with Gasteiger partial charge in [-0.2, -0.15) is 0 Å². The minimum absolute atomic E-state index is 0.0468. The molecule has 1 amide bonds. The summed E-state index contributed by atoms with van der Waals surface area (Å²) >= 11 is 0. The van der Waals surface area contributed by atoms with Crippen molar-refractivity contribution in [2.45, 2.75) is 13.0 Å². The van der Waals surface area contributed by atoms with Gasteiger partial charge in [-0.1, -0.05) is 66.7 Å². The van der Waals surface area contributed by atoms with Crippen molar-refractivity contribution in [3.63, 3.8) is 0 Å². The summed E-state index contributed by atoms with van der Waals surface area (Å²) in [6.07, 6.45) is 0. The fourth-order valence-corrected chi connectivity index (χ4v) is 3.53. The van der Waals surface area contributed by atoms with E-state index < -0.39 is 0 Å². The standard InChI is InChI=1S/C24H22N2O3/c1-17-12-13-21-20(14-17)26(16-23(28)29-21)15-22(27)25-24(18-8-4-2-5-9-18)19-10-6-3-7-11-19/h2-14,24H,15-16H2,1H3,(H,25,27). The summed E-state index contributed by atoms with van der Waals surface area (Å²) in [5, 5.41) is 3.12. The van der Waals surface area contributed by atoms with Crippen LogP contribution in [0, 0.1) is 6.92 Å². The highest BCUT2D eigenvalue weighted by molar-refractivity contribution is 5.89. The van der Waals surface area contributed by atoms with Crippen molar-refractivity contribution in [1.82, 2.24) is 5.32 Å². The molecule has 0 bridgehead atoms. The molecule has 5 nitrogen and oxygen atoms in total. The third kappa shape index (κ3) is 4.29. The first-order chi connectivity index (χ1) is 14.1. The van der Waals surface area contributed by atoms with Crippen LogP contribution in [-0.4, -0.2) is 25.0 Å². The number of hydrogen-bond donors (Lipinski definition) is 1. The molecule has 1 N–H and O–H groups in total. The van der Waals surface area contributed by atoms with E-state index in [2.05, 4.69) is 5.32 Å². The number of aryl methyl sites for hydroxylation is 1. The van der Waals surface area contributed by atoms with Gasteiger partial charge in [0.15, 0.2) is 5.75 Å². The van der Waals surface area contributed by atoms with Crippen LogP contribution in [0.3, 0.4) is 0 Å². The molecular formula is C24H22N2O3. The van der Waals surface area contributed by atoms with Crippen LogP contribution in [-0.2, 0) is 9.59 Å². The number of fused-ring (bicyclic) bond motifs is 1. The number of esters is 1. The Labute approximate surface area is 169 Å². The van der Waals surface area contributed by atoms with Gasteiger partial charge >= 0.3 is 5.97 Å². The molecule has 29 heavy (non-hydrogen) atoms. The fourth-order valence-electron chi connectivity index (χ4n) is 3.53. The summed E-state index contributed by atoms with van der Waals surface area (Å²) in [5.74, 6) is -0.0380. The van der Waals surface area contributed by atoms with E-state index in [4.69, 9.17) is 4.74 Å². The molecule has 0 saturated heterocycles. The lowest BCUT2D eigenvalue weighted by molar-refractivity contribution is -0.133. The van der Waals surface area contributed by atoms with Crippen LogP contribution < -0.4 is 15.0 Å². The molecule has 4 rings (SSSR count). The minimum atomic E-state index is -0.364. The van der Waals surface area contributed by atoms with Crippen LogP contribution in [0.5, 0.6) is 5.75 Å². The molecule has 0 radical (unpaired) electrons. The second kappa shape index (κ2) is 8.19. The molecule has 5 heteroatoms. The lowest BCUT2D eigenvalue weighted by atomic mass is 9.98. The molecule has 0 aliphatic carbocycles. The number of rotatable bonds is 5. The molecule has 0 saturated carbocycles. The number of ether oxygens (including phenoxy) is 1. The van der Waals surface area contributed by atoms with E-state index in [0.717, 1.165) is 22.4 Å². The van der Waals surface area contributed by atoms with Gasteiger partial charge in [0.1, 0.15) is 6.54 Å². The average molecular weight is 386 g/mol. The maximum Gasteiger partial charge on any atom is 0.331 e. The number of amides is 1. The Balaban J connectivity index is 1.56. The summed E-state index contributed by atoms with van der Waals surface area (Å²) in [6, 6.07) is 25.0. The first kappa shape index (κ1) is 18.7. The van der Waals surface area contributed by atoms with Crippen molar-refractivity contribution in [2.75, 3.05) is 18.0 Å². The Morgan fingerprint density at radius 2 is 1.62 bits per heavy atom. The van der Waals surface area contributed by atoms with E-state index in [0.29, 0.717) is 5.75 Å². The SMILES string of the molecule is Cc1ccc2c(c1)N(CC(=O)NC(c1ccccc1)c1ccccc1)CC(=O)O2. The topological polar surface area (TPSA) is 58.6 Å². The van der Waals surface area contributed by atoms with Gasteiger partial charge in [0.05, 0.1) is 18.3 Å². The van der Waals surface area contributed by atoms with Gasteiger partial charge in [-0.3, -0.25) is 4.79 Å². The van der Waals surface area contributed by atoms with Crippen molar-refractivity contribution in [1.29, 1.82) is 0 Å². The van der Waals surface area contributed by atoms with Gasteiger partial charge in [-0.15, -0.1) is 0 Å². The summed E-state index contributed by atoms with van der Waals surface area (Å²) in [7, 11) is 0. The predicted molar refractivity (Wildman–Crippen MR) is 112 cm³/mol. The Morgan fingerprint density at radius 3 is 2.24 bits per heavy atom. The van der Waals surface area contributed by atoms with Crippen molar-refractivity contribution in [3.8, 4) is 5.75 Å². The second-order valence-electron chi connectivity index (χ2n) is 7.12. The van der Waals surface area contributed by atoms with E-state index in [9.17, 15) is 9.59 Å². The summed E-state index contributed by atoms with van der Waals surface area (Å²) in [5.41, 5.74) is 3.80. The van der Waals surface area contributed by atoms with E-state index >= 15 is 0 Å². The van der Waals surface area contributed by atoms with Crippen molar-refractivity contribution >= 4 is 17.6 Å². The van der Waals surface area contributed by atoms with Crippen LogP contribution in [0.2, 0.25) is 0 Å². The van der Waals surface area contributed by atoms with Crippen LogP contribution >= 0.6 is 0 Å². The highest BCUT2D eigenvalue weighted by Crippen LogP contribution is 2.32. The van der Waals surface area contributed by atoms with Gasteiger partial charge < -0.3 is 15.0 Å². The van der Waals surface area contributed by atoms with E-state index in [1.165, 1.54) is 0 Å². The first-order valence-electron chi connectivity index (χ1n) is 9.56. The van der Waals surface area contributed by atoms with Gasteiger partial charge in [-0.25, -0.2) is 4.79 Å². The Bertz CT molecular complexity index is 979. The highest BCUT2D eigenvalue weighted by atomic mass is 16.5. The predicted octanol–water partition coefficient (Wildman–Crippen LogP) is 3.63. The van der Waals surface area contributed by atoms with Gasteiger partial charge in [0, 0.05) is 0 Å². The highest BCUT2D eigenvalue weighted by Gasteiger charge is 2.27. The summed E-state index contributed by atoms with van der Waals surface area (Å²) < 4.78 is 5.31. The Morgan fingerprint density at radius 1 is 1.00 bits per heavy atom. The van der Waals surface area contributed by atoms with E-state index in [1.807, 2.05) is 79.7 Å². The number of benzene rings is 3. The van der Waals surface area contributed by atoms with Crippen molar-refractivity contribution in [2.24, 2.45) is 0 Å². The molecule has 0 aromatic heterocycles. The molecule has 1 heterocycles. The van der Waals surface area contributed by atoms with Gasteiger partial charge in [0.25, 0.3) is 0 Å². The zero-order valence-corrected chi connectivity index (χ0v) is 16.2. The number of nitrogens with one attached hydrogen (secondary N) is 1. The third-order valence-corrected chi connectivity index (χ3v) is 4.90. The molecule has 0 spiro atoms. The molecule has 146 valence electrons. The molecule has 0 unspecified atom stereocenters.